The Kier molecular flexibility index (Phi) is 4.06. The van der Waals surface area contributed by atoms with Gasteiger partial charge >= 0.3 is 0 Å². The van der Waals surface area contributed by atoms with Gasteiger partial charge in [-0.25, -0.2) is 0 Å². The fourth-order valence-electron chi connectivity index (χ4n) is 5.21. The van der Waals surface area contributed by atoms with Gasteiger partial charge in [-0.15, -0.1) is 0 Å². The third-order valence-corrected chi connectivity index (χ3v) is 6.74. The van der Waals surface area contributed by atoms with Gasteiger partial charge in [0.15, 0.2) is 0 Å². The average molecular weight is 439 g/mol. The second kappa shape index (κ2) is 7.26. The quantitative estimate of drug-likeness (QED) is 0.277. The van der Waals surface area contributed by atoms with E-state index in [0.29, 0.717) is 6.61 Å². The number of nitrogens with one attached hydrogen (secondary N) is 1. The summed E-state index contributed by atoms with van der Waals surface area (Å²) in [6.07, 6.45) is 8.11. The second-order valence-corrected chi connectivity index (χ2v) is 8.72. The molecule has 0 saturated carbocycles. The number of aromatic nitrogens is 2. The van der Waals surface area contributed by atoms with Crippen LogP contribution in [0.2, 0.25) is 0 Å². The van der Waals surface area contributed by atoms with Crippen molar-refractivity contribution in [3.63, 3.8) is 0 Å². The van der Waals surface area contributed by atoms with Crippen LogP contribution in [0.1, 0.15) is 5.56 Å². The normalized spacial score (nSPS) is 15.7. The molecule has 1 N–H and O–H groups in total. The minimum atomic E-state index is 0.511. The Morgan fingerprint density at radius 1 is 0.765 bits per heavy atom. The molecule has 0 radical (unpaired) electrons. The Morgan fingerprint density at radius 3 is 2.53 bits per heavy atom. The van der Waals surface area contributed by atoms with Crippen LogP contribution in [0.25, 0.3) is 54.9 Å². The SMILES string of the molecule is C=C1/C=C\C=C/COc2c1ccc1c2c2cc3c(cc2n1-c1ccccc1)[nH]c1ccccc13. The number of ether oxygens (including phenoxy) is 1. The molecule has 2 aromatic heterocycles. The van der Waals surface area contributed by atoms with Crippen LogP contribution in [0.3, 0.4) is 0 Å². The predicted octanol–water partition coefficient (Wildman–Crippen LogP) is 7.94. The van der Waals surface area contributed by atoms with Crippen LogP contribution in [-0.2, 0) is 0 Å². The van der Waals surface area contributed by atoms with Crippen LogP contribution < -0.4 is 4.74 Å². The summed E-state index contributed by atoms with van der Waals surface area (Å²) in [5.41, 5.74) is 7.64. The molecule has 1 aliphatic rings. The van der Waals surface area contributed by atoms with Gasteiger partial charge in [-0.2, -0.15) is 0 Å². The molecule has 1 aliphatic heterocycles. The molecule has 0 saturated heterocycles. The Morgan fingerprint density at radius 2 is 1.62 bits per heavy atom. The molecule has 162 valence electrons. The first-order valence-electron chi connectivity index (χ1n) is 11.5. The molecule has 6 aromatic rings. The van der Waals surface area contributed by atoms with Gasteiger partial charge in [0.1, 0.15) is 12.4 Å². The van der Waals surface area contributed by atoms with Gasteiger partial charge in [0.2, 0.25) is 0 Å². The molecule has 3 heterocycles. The molecule has 0 spiro atoms. The highest BCUT2D eigenvalue weighted by atomic mass is 16.5. The van der Waals surface area contributed by atoms with Gasteiger partial charge in [-0.1, -0.05) is 61.2 Å². The van der Waals surface area contributed by atoms with E-state index in [-0.39, 0.29) is 0 Å². The summed E-state index contributed by atoms with van der Waals surface area (Å²) in [5, 5.41) is 4.74. The first kappa shape index (κ1) is 19.0. The number of hydrogen-bond acceptors (Lipinski definition) is 1. The molecule has 34 heavy (non-hydrogen) atoms. The van der Waals surface area contributed by atoms with Crippen molar-refractivity contribution < 1.29 is 4.74 Å². The van der Waals surface area contributed by atoms with Crippen molar-refractivity contribution in [1.29, 1.82) is 0 Å². The van der Waals surface area contributed by atoms with Crippen molar-refractivity contribution >= 4 is 49.2 Å². The number of aromatic amines is 1. The van der Waals surface area contributed by atoms with E-state index in [1.165, 1.54) is 16.2 Å². The molecule has 3 heteroatoms. The lowest BCUT2D eigenvalue weighted by atomic mass is 10.0. The molecule has 0 fully saturated rings. The van der Waals surface area contributed by atoms with Crippen LogP contribution in [0, 0.1) is 0 Å². The van der Waals surface area contributed by atoms with E-state index in [0.717, 1.165) is 50.0 Å². The van der Waals surface area contributed by atoms with E-state index in [4.69, 9.17) is 4.74 Å². The Labute approximate surface area is 196 Å². The third-order valence-electron chi connectivity index (χ3n) is 6.74. The maximum absolute atomic E-state index is 6.42. The summed E-state index contributed by atoms with van der Waals surface area (Å²) >= 11 is 0. The van der Waals surface area contributed by atoms with E-state index in [1.807, 2.05) is 24.3 Å². The van der Waals surface area contributed by atoms with Crippen LogP contribution in [-0.4, -0.2) is 16.2 Å². The molecule has 0 bridgehead atoms. The van der Waals surface area contributed by atoms with Crippen molar-refractivity contribution in [3.05, 3.63) is 115 Å². The zero-order chi connectivity index (χ0) is 22.6. The highest BCUT2D eigenvalue weighted by molar-refractivity contribution is 6.20. The molecule has 0 aliphatic carbocycles. The third kappa shape index (κ3) is 2.70. The van der Waals surface area contributed by atoms with Gasteiger partial charge in [0.25, 0.3) is 0 Å². The number of para-hydroxylation sites is 2. The number of H-pyrrole nitrogens is 1. The van der Waals surface area contributed by atoms with Crippen LogP contribution >= 0.6 is 0 Å². The molecular formula is C31H22N2O. The fraction of sp³-hybridized carbons (Fsp3) is 0.0323. The van der Waals surface area contributed by atoms with Crippen LogP contribution in [0.15, 0.2) is 110 Å². The Balaban J connectivity index is 1.68. The summed E-state index contributed by atoms with van der Waals surface area (Å²) in [6.45, 7) is 4.83. The average Bonchev–Trinajstić information content (AvgIpc) is 3.41. The summed E-state index contributed by atoms with van der Waals surface area (Å²) in [5.74, 6) is 0.887. The minimum Gasteiger partial charge on any atom is -0.488 e. The first-order chi connectivity index (χ1) is 16.8. The number of hydrogen-bond donors (Lipinski definition) is 1. The van der Waals surface area contributed by atoms with E-state index < -0.39 is 0 Å². The lowest BCUT2D eigenvalue weighted by molar-refractivity contribution is 0.366. The van der Waals surface area contributed by atoms with E-state index in [2.05, 4.69) is 95.0 Å². The van der Waals surface area contributed by atoms with E-state index >= 15 is 0 Å². The predicted molar refractivity (Wildman–Crippen MR) is 143 cm³/mol. The smallest absolute Gasteiger partial charge is 0.137 e. The van der Waals surface area contributed by atoms with Gasteiger partial charge < -0.3 is 14.3 Å². The lowest BCUT2D eigenvalue weighted by Crippen LogP contribution is -1.98. The number of fused-ring (bicyclic) bond motifs is 8. The number of benzene rings is 4. The van der Waals surface area contributed by atoms with E-state index in [1.54, 1.807) is 0 Å². The minimum absolute atomic E-state index is 0.511. The zero-order valence-electron chi connectivity index (χ0n) is 18.6. The second-order valence-electron chi connectivity index (χ2n) is 8.72. The Hall–Kier alpha value is -4.50. The number of allylic oxidation sites excluding steroid dienone is 4. The summed E-state index contributed by atoms with van der Waals surface area (Å²) in [6, 6.07) is 27.9. The van der Waals surface area contributed by atoms with Crippen molar-refractivity contribution in [1.82, 2.24) is 9.55 Å². The van der Waals surface area contributed by atoms with Gasteiger partial charge in [-0.05, 0) is 54.1 Å². The molecule has 0 atom stereocenters. The molecule has 3 nitrogen and oxygen atoms in total. The van der Waals surface area contributed by atoms with Crippen molar-refractivity contribution in [2.24, 2.45) is 0 Å². The highest BCUT2D eigenvalue weighted by Crippen LogP contribution is 2.43. The number of rotatable bonds is 1. The summed E-state index contributed by atoms with van der Waals surface area (Å²) in [4.78, 5) is 3.61. The van der Waals surface area contributed by atoms with Gasteiger partial charge in [0, 0.05) is 38.4 Å². The maximum Gasteiger partial charge on any atom is 0.137 e. The standard InChI is InChI=1S/C31H22N2O/c1-20-10-4-3-9-17-34-31-22(20)15-16-28-30(31)25-18-24-23-13-7-8-14-26(23)32-27(24)19-29(25)33(28)21-11-5-2-6-12-21/h2-16,18-19,32H,1,17H2/b9-3-,10-4-. The zero-order valence-corrected chi connectivity index (χ0v) is 18.6. The number of nitrogens with zero attached hydrogens (tertiary/aromatic N) is 1. The Bertz CT molecular complexity index is 1810. The lowest BCUT2D eigenvalue weighted by Gasteiger charge is -2.13. The molecule has 0 amide bonds. The maximum atomic E-state index is 6.42. The van der Waals surface area contributed by atoms with Crippen molar-refractivity contribution in [3.8, 4) is 11.4 Å². The molecule has 4 aromatic carbocycles. The molecule has 7 rings (SSSR count). The summed E-state index contributed by atoms with van der Waals surface area (Å²) < 4.78 is 8.76. The van der Waals surface area contributed by atoms with Gasteiger partial charge in [-0.3, -0.25) is 0 Å². The molecular weight excluding hydrogens is 416 g/mol. The van der Waals surface area contributed by atoms with Crippen LogP contribution in [0.5, 0.6) is 5.75 Å². The fourth-order valence-corrected chi connectivity index (χ4v) is 5.21. The largest absolute Gasteiger partial charge is 0.488 e. The van der Waals surface area contributed by atoms with Crippen molar-refractivity contribution in [2.45, 2.75) is 0 Å². The van der Waals surface area contributed by atoms with Crippen LogP contribution in [0.4, 0.5) is 0 Å². The molecule has 0 unspecified atom stereocenters. The monoisotopic (exact) mass is 438 g/mol. The van der Waals surface area contributed by atoms with E-state index in [9.17, 15) is 0 Å². The highest BCUT2D eigenvalue weighted by Gasteiger charge is 2.21. The van der Waals surface area contributed by atoms with Crippen molar-refractivity contribution in [2.75, 3.05) is 6.61 Å². The summed E-state index contributed by atoms with van der Waals surface area (Å²) in [7, 11) is 0. The van der Waals surface area contributed by atoms with Gasteiger partial charge in [0.05, 0.1) is 16.4 Å². The first-order valence-corrected chi connectivity index (χ1v) is 11.5. The topological polar surface area (TPSA) is 29.9 Å².